The maximum absolute atomic E-state index is 13.7. The van der Waals surface area contributed by atoms with Crippen molar-refractivity contribution in [3.05, 3.63) is 87.4 Å². The van der Waals surface area contributed by atoms with E-state index in [9.17, 15) is 9.59 Å². The van der Waals surface area contributed by atoms with Crippen LogP contribution < -0.4 is 15.5 Å². The predicted molar refractivity (Wildman–Crippen MR) is 166 cm³/mol. The number of amides is 3. The number of thiazole rings is 1. The van der Waals surface area contributed by atoms with Crippen molar-refractivity contribution in [3.8, 4) is 0 Å². The molecule has 3 amide bonds. The van der Waals surface area contributed by atoms with E-state index in [-0.39, 0.29) is 24.4 Å². The van der Waals surface area contributed by atoms with Gasteiger partial charge in [-0.3, -0.25) is 20.3 Å². The number of tetrazole rings is 1. The Kier molecular flexibility index (Phi) is 8.31. The summed E-state index contributed by atoms with van der Waals surface area (Å²) in [6, 6.07) is 18.2. The van der Waals surface area contributed by atoms with Gasteiger partial charge in [0.25, 0.3) is 11.9 Å². The van der Waals surface area contributed by atoms with Crippen molar-refractivity contribution in [3.63, 3.8) is 0 Å². The Morgan fingerprint density at radius 3 is 2.45 bits per heavy atom. The van der Waals surface area contributed by atoms with Crippen LogP contribution in [0.1, 0.15) is 59.5 Å². The average Bonchev–Trinajstić information content (AvgIpc) is 3.66. The molecule has 1 aliphatic rings. The first-order chi connectivity index (χ1) is 20.4. The normalized spacial score (nSPS) is 13.7. The third-order valence-electron chi connectivity index (χ3n) is 7.28. The lowest BCUT2D eigenvalue weighted by molar-refractivity contribution is 0.102. The second-order valence-corrected chi connectivity index (χ2v) is 11.9. The van der Waals surface area contributed by atoms with Crippen molar-refractivity contribution in [2.24, 2.45) is 0 Å². The minimum Gasteiger partial charge on any atom is -0.290 e. The summed E-state index contributed by atoms with van der Waals surface area (Å²) < 4.78 is 0.745. The molecule has 214 valence electrons. The van der Waals surface area contributed by atoms with Crippen molar-refractivity contribution in [1.29, 1.82) is 0 Å². The van der Waals surface area contributed by atoms with Gasteiger partial charge in [-0.1, -0.05) is 83.2 Å². The van der Waals surface area contributed by atoms with Crippen molar-refractivity contribution in [2.45, 2.75) is 44.6 Å². The maximum atomic E-state index is 13.7. The minimum atomic E-state index is -0.370. The third-order valence-corrected chi connectivity index (χ3v) is 8.93. The Hall–Kier alpha value is -4.06. The molecule has 1 saturated carbocycles. The average molecular weight is 622 g/mol. The largest absolute Gasteiger partial charge is 0.328 e. The topological polar surface area (TPSA) is 129 Å². The van der Waals surface area contributed by atoms with Crippen LogP contribution in [0.3, 0.4) is 0 Å². The fourth-order valence-corrected chi connectivity index (χ4v) is 6.59. The quantitative estimate of drug-likeness (QED) is 0.171. The van der Waals surface area contributed by atoms with Crippen LogP contribution in [-0.4, -0.2) is 37.5 Å². The molecule has 0 atom stereocenters. The highest BCUT2D eigenvalue weighted by Crippen LogP contribution is 2.36. The van der Waals surface area contributed by atoms with E-state index < -0.39 is 0 Å². The van der Waals surface area contributed by atoms with Crippen LogP contribution in [0.2, 0.25) is 10.0 Å². The number of aromatic amines is 1. The second kappa shape index (κ2) is 12.4. The number of anilines is 3. The fourth-order valence-electron chi connectivity index (χ4n) is 5.15. The number of nitrogens with zero attached hydrogens (tertiary/aromatic N) is 5. The minimum absolute atomic E-state index is 0.0852. The van der Waals surface area contributed by atoms with Gasteiger partial charge in [0, 0.05) is 16.3 Å². The van der Waals surface area contributed by atoms with Crippen LogP contribution in [-0.2, 0) is 6.54 Å². The van der Waals surface area contributed by atoms with E-state index in [4.69, 9.17) is 23.2 Å². The summed E-state index contributed by atoms with van der Waals surface area (Å²) in [6.07, 6.45) is 6.19. The lowest BCUT2D eigenvalue weighted by atomic mass is 9.84. The van der Waals surface area contributed by atoms with Crippen molar-refractivity contribution >= 4 is 73.5 Å². The number of H-pyrrole nitrogens is 1. The molecule has 1 fully saturated rings. The van der Waals surface area contributed by atoms with Crippen molar-refractivity contribution in [1.82, 2.24) is 25.6 Å². The summed E-state index contributed by atoms with van der Waals surface area (Å²) in [7, 11) is 0. The lowest BCUT2D eigenvalue weighted by Gasteiger charge is -2.25. The number of carbonyl (C=O) groups is 2. The number of carbonyl (C=O) groups excluding carboxylic acids is 2. The number of hydrogen-bond acceptors (Lipinski definition) is 7. The molecule has 10 nitrogen and oxygen atoms in total. The molecule has 6 rings (SSSR count). The molecule has 1 aliphatic carbocycles. The van der Waals surface area contributed by atoms with Crippen molar-refractivity contribution < 1.29 is 9.59 Å². The first kappa shape index (κ1) is 28.1. The molecule has 0 spiro atoms. The molecular formula is C29H26Cl2N8O2S. The van der Waals surface area contributed by atoms with Gasteiger partial charge in [-0.15, -0.1) is 5.10 Å². The first-order valence-corrected chi connectivity index (χ1v) is 15.1. The SMILES string of the molecule is O=C(Nc1nn[nH]n1)c1ccc(CN(C(=O)Nc2nc3cc(Cl)cc(Cl)c3s2)c2ccc(C3CCCCC3)cc2)cc1. The van der Waals surface area contributed by atoms with E-state index in [1.54, 1.807) is 41.3 Å². The van der Waals surface area contributed by atoms with Gasteiger partial charge in [0.2, 0.25) is 0 Å². The predicted octanol–water partition coefficient (Wildman–Crippen LogP) is 7.65. The molecule has 0 bridgehead atoms. The van der Waals surface area contributed by atoms with E-state index in [1.165, 1.54) is 49.0 Å². The maximum Gasteiger partial charge on any atom is 0.328 e. The molecular weight excluding hydrogens is 595 g/mol. The summed E-state index contributed by atoms with van der Waals surface area (Å²) >= 11 is 13.8. The number of urea groups is 1. The van der Waals surface area contributed by atoms with Crippen molar-refractivity contribution in [2.75, 3.05) is 15.5 Å². The van der Waals surface area contributed by atoms with Crippen LogP contribution in [0.4, 0.5) is 21.6 Å². The van der Waals surface area contributed by atoms with Gasteiger partial charge < -0.3 is 0 Å². The van der Waals surface area contributed by atoms with E-state index in [2.05, 4.69) is 48.4 Å². The van der Waals surface area contributed by atoms with Gasteiger partial charge in [-0.25, -0.2) is 9.78 Å². The number of nitrogens with one attached hydrogen (secondary N) is 3. The zero-order chi connectivity index (χ0) is 29.1. The Balaban J connectivity index is 1.24. The molecule has 2 aromatic heterocycles. The van der Waals surface area contributed by atoms with E-state index in [0.29, 0.717) is 32.2 Å². The van der Waals surface area contributed by atoms with Gasteiger partial charge in [-0.05, 0) is 71.5 Å². The number of rotatable bonds is 7. The van der Waals surface area contributed by atoms with Crippen LogP contribution in [0.15, 0.2) is 60.7 Å². The van der Waals surface area contributed by atoms with E-state index >= 15 is 0 Å². The summed E-state index contributed by atoms with van der Waals surface area (Å²) in [6.45, 7) is 0.263. The Morgan fingerprint density at radius 1 is 0.976 bits per heavy atom. The monoisotopic (exact) mass is 620 g/mol. The summed E-state index contributed by atoms with van der Waals surface area (Å²) in [5.41, 5.74) is 3.91. The number of aromatic nitrogens is 5. The second-order valence-electron chi connectivity index (χ2n) is 10.1. The summed E-state index contributed by atoms with van der Waals surface area (Å²) in [5.74, 6) is 0.271. The number of hydrogen-bond donors (Lipinski definition) is 3. The first-order valence-electron chi connectivity index (χ1n) is 13.5. The molecule has 3 aromatic carbocycles. The van der Waals surface area contributed by atoms with Gasteiger partial charge in [0.1, 0.15) is 0 Å². The molecule has 5 aromatic rings. The smallest absolute Gasteiger partial charge is 0.290 e. The van der Waals surface area contributed by atoms with Gasteiger partial charge in [0.05, 0.1) is 21.8 Å². The highest BCUT2D eigenvalue weighted by atomic mass is 35.5. The number of fused-ring (bicyclic) bond motifs is 1. The zero-order valence-corrected chi connectivity index (χ0v) is 24.6. The number of halogens is 2. The van der Waals surface area contributed by atoms with E-state index in [0.717, 1.165) is 16.0 Å². The molecule has 0 unspecified atom stereocenters. The van der Waals surface area contributed by atoms with Crippen LogP contribution in [0, 0.1) is 0 Å². The zero-order valence-electron chi connectivity index (χ0n) is 22.3. The Morgan fingerprint density at radius 2 is 1.74 bits per heavy atom. The molecule has 42 heavy (non-hydrogen) atoms. The Labute approximate surface area is 255 Å². The molecule has 13 heteroatoms. The third kappa shape index (κ3) is 6.38. The highest BCUT2D eigenvalue weighted by molar-refractivity contribution is 7.23. The molecule has 0 aliphatic heterocycles. The van der Waals surface area contributed by atoms with Gasteiger partial charge in [-0.2, -0.15) is 5.21 Å². The van der Waals surface area contributed by atoms with Crippen LogP contribution in [0.5, 0.6) is 0 Å². The molecule has 0 saturated heterocycles. The Bertz CT molecular complexity index is 1700. The van der Waals surface area contributed by atoms with E-state index in [1.807, 2.05) is 12.1 Å². The van der Waals surface area contributed by atoms with Crippen LogP contribution >= 0.6 is 34.5 Å². The number of benzene rings is 3. The molecule has 3 N–H and O–H groups in total. The summed E-state index contributed by atoms with van der Waals surface area (Å²) in [4.78, 5) is 32.4. The molecule has 2 heterocycles. The fraction of sp³-hybridized carbons (Fsp3) is 0.241. The van der Waals surface area contributed by atoms with Gasteiger partial charge in [0.15, 0.2) is 5.13 Å². The van der Waals surface area contributed by atoms with Crippen LogP contribution in [0.25, 0.3) is 10.2 Å². The highest BCUT2D eigenvalue weighted by Gasteiger charge is 2.21. The van der Waals surface area contributed by atoms with Gasteiger partial charge >= 0.3 is 6.03 Å². The summed E-state index contributed by atoms with van der Waals surface area (Å²) in [5, 5.41) is 20.1. The molecule has 0 radical (unpaired) electrons. The lowest BCUT2D eigenvalue weighted by Crippen LogP contribution is -2.34. The standard InChI is InChI=1S/C29H26Cl2N8O2S/c30-21-14-23(31)25-24(15-21)32-28(42-25)34-29(41)39(22-12-10-19(11-13-22)18-4-2-1-3-5-18)16-17-6-8-20(9-7-17)26(40)33-27-35-37-38-36-27/h6-15,18H,1-5,16H2,(H,32,34,41)(H2,33,35,36,37,38,40).